The highest BCUT2D eigenvalue weighted by Crippen LogP contribution is 2.31. The maximum absolute atomic E-state index is 12.3. The van der Waals surface area contributed by atoms with Gasteiger partial charge in [-0.3, -0.25) is 4.79 Å². The minimum absolute atomic E-state index is 0.0127. The SMILES string of the molecule is COc1ccc(SCCCC(=O)Nc2nc3c(ccc4ccccc43)s2)cc1. The summed E-state index contributed by atoms with van der Waals surface area (Å²) < 4.78 is 6.25. The zero-order valence-electron chi connectivity index (χ0n) is 15.5. The number of fused-ring (bicyclic) bond motifs is 3. The molecule has 3 aromatic carbocycles. The molecule has 1 amide bonds. The summed E-state index contributed by atoms with van der Waals surface area (Å²) in [7, 11) is 1.66. The molecule has 0 radical (unpaired) electrons. The van der Waals surface area contributed by atoms with Crippen LogP contribution in [0.4, 0.5) is 5.13 Å². The molecule has 4 aromatic rings. The van der Waals surface area contributed by atoms with Crippen LogP contribution in [0.1, 0.15) is 12.8 Å². The Morgan fingerprint density at radius 1 is 1.11 bits per heavy atom. The Kier molecular flexibility index (Phi) is 5.78. The number of nitrogens with one attached hydrogen (secondary N) is 1. The zero-order chi connectivity index (χ0) is 19.3. The first kappa shape index (κ1) is 18.8. The standard InChI is InChI=1S/C22H20N2O2S2/c1-26-16-9-11-17(12-10-16)27-14-4-7-20(25)23-22-24-21-18-6-3-2-5-15(18)8-13-19(21)28-22/h2-3,5-6,8-13H,4,7,14H2,1H3,(H,23,24,25). The minimum Gasteiger partial charge on any atom is -0.497 e. The summed E-state index contributed by atoms with van der Waals surface area (Å²) in [6.45, 7) is 0. The molecule has 0 spiro atoms. The number of hydrogen-bond acceptors (Lipinski definition) is 5. The van der Waals surface area contributed by atoms with Gasteiger partial charge in [0.15, 0.2) is 5.13 Å². The molecule has 142 valence electrons. The molecule has 0 saturated carbocycles. The summed E-state index contributed by atoms with van der Waals surface area (Å²) in [5.41, 5.74) is 0.952. The summed E-state index contributed by atoms with van der Waals surface area (Å²) in [4.78, 5) is 18.1. The molecule has 1 aromatic heterocycles. The third-order valence-electron chi connectivity index (χ3n) is 4.41. The van der Waals surface area contributed by atoms with E-state index in [2.05, 4.69) is 34.6 Å². The van der Waals surface area contributed by atoms with E-state index in [9.17, 15) is 4.79 Å². The van der Waals surface area contributed by atoms with Gasteiger partial charge in [-0.05, 0) is 47.9 Å². The van der Waals surface area contributed by atoms with Crippen molar-refractivity contribution in [2.45, 2.75) is 17.7 Å². The number of ether oxygens (including phenoxy) is 1. The second-order valence-electron chi connectivity index (χ2n) is 6.33. The number of nitrogens with zero attached hydrogens (tertiary/aromatic N) is 1. The lowest BCUT2D eigenvalue weighted by Gasteiger charge is -2.04. The molecule has 6 heteroatoms. The number of rotatable bonds is 7. The Morgan fingerprint density at radius 2 is 1.93 bits per heavy atom. The number of carbonyl (C=O) groups excluding carboxylic acids is 1. The average molecular weight is 409 g/mol. The van der Waals surface area contributed by atoms with Crippen LogP contribution in [0.5, 0.6) is 5.75 Å². The van der Waals surface area contributed by atoms with Gasteiger partial charge in [-0.15, -0.1) is 11.8 Å². The van der Waals surface area contributed by atoms with Crippen LogP contribution in [0.2, 0.25) is 0 Å². The van der Waals surface area contributed by atoms with Gasteiger partial charge in [-0.25, -0.2) is 4.98 Å². The molecule has 0 atom stereocenters. The monoisotopic (exact) mass is 408 g/mol. The molecule has 28 heavy (non-hydrogen) atoms. The Balaban J connectivity index is 1.31. The van der Waals surface area contributed by atoms with Gasteiger partial charge in [0.05, 0.1) is 17.3 Å². The van der Waals surface area contributed by atoms with E-state index in [-0.39, 0.29) is 5.91 Å². The van der Waals surface area contributed by atoms with Crippen molar-refractivity contribution < 1.29 is 9.53 Å². The molecule has 0 aliphatic rings. The number of hydrogen-bond donors (Lipinski definition) is 1. The van der Waals surface area contributed by atoms with Gasteiger partial charge in [0, 0.05) is 16.7 Å². The van der Waals surface area contributed by atoms with Gasteiger partial charge in [-0.1, -0.05) is 41.7 Å². The van der Waals surface area contributed by atoms with Gasteiger partial charge >= 0.3 is 0 Å². The number of anilines is 1. The second kappa shape index (κ2) is 8.63. The van der Waals surface area contributed by atoms with E-state index in [0.717, 1.165) is 38.9 Å². The van der Waals surface area contributed by atoms with Crippen molar-refractivity contribution >= 4 is 55.1 Å². The lowest BCUT2D eigenvalue weighted by molar-refractivity contribution is -0.116. The fraction of sp³-hybridized carbons (Fsp3) is 0.182. The topological polar surface area (TPSA) is 51.2 Å². The molecule has 0 bridgehead atoms. The van der Waals surface area contributed by atoms with Crippen LogP contribution < -0.4 is 10.1 Å². The molecule has 0 saturated heterocycles. The number of benzene rings is 3. The smallest absolute Gasteiger partial charge is 0.226 e. The Labute approximate surface area is 171 Å². The van der Waals surface area contributed by atoms with E-state index in [1.54, 1.807) is 18.9 Å². The first-order valence-corrected chi connectivity index (χ1v) is 10.9. The summed E-state index contributed by atoms with van der Waals surface area (Å²) in [6.07, 6.45) is 1.30. The molecule has 0 unspecified atom stereocenters. The van der Waals surface area contributed by atoms with Gasteiger partial charge in [-0.2, -0.15) is 0 Å². The fourth-order valence-electron chi connectivity index (χ4n) is 2.99. The van der Waals surface area contributed by atoms with Gasteiger partial charge in [0.25, 0.3) is 0 Å². The minimum atomic E-state index is 0.0127. The zero-order valence-corrected chi connectivity index (χ0v) is 17.1. The molecular formula is C22H20N2O2S2. The van der Waals surface area contributed by atoms with Crippen LogP contribution in [0, 0.1) is 0 Å². The highest BCUT2D eigenvalue weighted by atomic mass is 32.2. The van der Waals surface area contributed by atoms with Crippen molar-refractivity contribution in [1.82, 2.24) is 4.98 Å². The van der Waals surface area contributed by atoms with E-state index in [1.165, 1.54) is 16.2 Å². The Morgan fingerprint density at radius 3 is 2.75 bits per heavy atom. The lowest BCUT2D eigenvalue weighted by atomic mass is 10.1. The van der Waals surface area contributed by atoms with Crippen molar-refractivity contribution in [3.63, 3.8) is 0 Å². The van der Waals surface area contributed by atoms with Crippen LogP contribution in [0.25, 0.3) is 21.0 Å². The van der Waals surface area contributed by atoms with Crippen LogP contribution in [0.3, 0.4) is 0 Å². The molecule has 0 aliphatic heterocycles. The van der Waals surface area contributed by atoms with Gasteiger partial charge in [0.2, 0.25) is 5.91 Å². The summed E-state index contributed by atoms with van der Waals surface area (Å²) >= 11 is 3.26. The molecule has 4 rings (SSSR count). The summed E-state index contributed by atoms with van der Waals surface area (Å²) in [6, 6.07) is 20.3. The maximum atomic E-state index is 12.3. The van der Waals surface area contributed by atoms with Gasteiger partial charge < -0.3 is 10.1 Å². The van der Waals surface area contributed by atoms with E-state index < -0.39 is 0 Å². The van der Waals surface area contributed by atoms with Crippen LogP contribution in [-0.4, -0.2) is 23.8 Å². The van der Waals surface area contributed by atoms with Gasteiger partial charge in [0.1, 0.15) is 5.75 Å². The van der Waals surface area contributed by atoms with E-state index >= 15 is 0 Å². The van der Waals surface area contributed by atoms with Crippen LogP contribution in [-0.2, 0) is 4.79 Å². The molecular weight excluding hydrogens is 388 g/mol. The molecule has 1 N–H and O–H groups in total. The third-order valence-corrected chi connectivity index (χ3v) is 6.44. The molecule has 0 aliphatic carbocycles. The van der Waals surface area contributed by atoms with Crippen LogP contribution in [0.15, 0.2) is 65.6 Å². The molecule has 0 fully saturated rings. The quantitative estimate of drug-likeness (QED) is 0.302. The highest BCUT2D eigenvalue weighted by molar-refractivity contribution is 7.99. The lowest BCUT2D eigenvalue weighted by Crippen LogP contribution is -2.11. The van der Waals surface area contributed by atoms with Crippen LogP contribution >= 0.6 is 23.1 Å². The first-order valence-electron chi connectivity index (χ1n) is 9.08. The van der Waals surface area contributed by atoms with E-state index in [4.69, 9.17) is 4.74 Å². The van der Waals surface area contributed by atoms with Crippen molar-refractivity contribution in [2.24, 2.45) is 0 Å². The predicted molar refractivity (Wildman–Crippen MR) is 119 cm³/mol. The number of amides is 1. The van der Waals surface area contributed by atoms with Crippen molar-refractivity contribution in [3.8, 4) is 5.75 Å². The Hall–Kier alpha value is -2.57. The largest absolute Gasteiger partial charge is 0.497 e. The number of thioether (sulfide) groups is 1. The highest BCUT2D eigenvalue weighted by Gasteiger charge is 2.10. The first-order chi connectivity index (χ1) is 13.7. The van der Waals surface area contributed by atoms with Crippen molar-refractivity contribution in [2.75, 3.05) is 18.2 Å². The summed E-state index contributed by atoms with van der Waals surface area (Å²) in [5.74, 6) is 1.76. The normalized spacial score (nSPS) is 11.0. The predicted octanol–water partition coefficient (Wildman–Crippen LogP) is 5.97. The maximum Gasteiger partial charge on any atom is 0.226 e. The second-order valence-corrected chi connectivity index (χ2v) is 8.53. The summed E-state index contributed by atoms with van der Waals surface area (Å²) in [5, 5.41) is 5.90. The molecule has 4 nitrogen and oxygen atoms in total. The number of carbonyl (C=O) groups is 1. The molecule has 1 heterocycles. The van der Waals surface area contributed by atoms with Crippen molar-refractivity contribution in [3.05, 3.63) is 60.7 Å². The van der Waals surface area contributed by atoms with E-state index in [1.807, 2.05) is 36.4 Å². The Bertz CT molecular complexity index is 1110. The van der Waals surface area contributed by atoms with E-state index in [0.29, 0.717) is 11.6 Å². The average Bonchev–Trinajstić information content (AvgIpc) is 3.14. The number of thiazole rings is 1. The number of methoxy groups -OCH3 is 1. The van der Waals surface area contributed by atoms with Crippen molar-refractivity contribution in [1.29, 1.82) is 0 Å². The third kappa shape index (κ3) is 4.29. The number of aromatic nitrogens is 1. The fourth-order valence-corrected chi connectivity index (χ4v) is 4.74.